The Labute approximate surface area is 185 Å². The van der Waals surface area contributed by atoms with Crippen molar-refractivity contribution in [1.82, 2.24) is 15.5 Å². The van der Waals surface area contributed by atoms with Gasteiger partial charge in [-0.25, -0.2) is 4.79 Å². The summed E-state index contributed by atoms with van der Waals surface area (Å²) in [6.45, 7) is 3.73. The van der Waals surface area contributed by atoms with Crippen molar-refractivity contribution in [2.24, 2.45) is 17.8 Å². The van der Waals surface area contributed by atoms with E-state index in [2.05, 4.69) is 20.9 Å². The molecule has 0 aromatic heterocycles. The van der Waals surface area contributed by atoms with E-state index in [0.29, 0.717) is 0 Å². The molecule has 1 aromatic carbocycles. The van der Waals surface area contributed by atoms with Gasteiger partial charge in [0.1, 0.15) is 0 Å². The first-order valence-corrected chi connectivity index (χ1v) is 12.2. The van der Waals surface area contributed by atoms with Crippen molar-refractivity contribution in [1.29, 1.82) is 0 Å². The van der Waals surface area contributed by atoms with E-state index < -0.39 is 0 Å². The van der Waals surface area contributed by atoms with E-state index in [-0.39, 0.29) is 29.6 Å². The van der Waals surface area contributed by atoms with Gasteiger partial charge in [0.25, 0.3) is 0 Å². The van der Waals surface area contributed by atoms with Crippen molar-refractivity contribution in [3.63, 3.8) is 0 Å². The molecule has 4 saturated carbocycles. The van der Waals surface area contributed by atoms with Gasteiger partial charge in [-0.1, -0.05) is 18.2 Å². The third-order valence-corrected chi connectivity index (χ3v) is 8.25. The number of para-hydroxylation sites is 1. The molecule has 4 aliphatic carbocycles. The van der Waals surface area contributed by atoms with E-state index >= 15 is 0 Å². The topological polar surface area (TPSA) is 73.5 Å². The summed E-state index contributed by atoms with van der Waals surface area (Å²) in [5.74, 6) is 2.72. The number of nitrogens with zero attached hydrogens (tertiary/aromatic N) is 1. The lowest BCUT2D eigenvalue weighted by molar-refractivity contribution is -0.132. The molecule has 0 radical (unpaired) electrons. The molecular weight excluding hydrogens is 388 g/mol. The molecule has 3 amide bonds. The van der Waals surface area contributed by atoms with Gasteiger partial charge < -0.3 is 16.0 Å². The Morgan fingerprint density at radius 1 is 0.968 bits per heavy atom. The molecule has 6 nitrogen and oxygen atoms in total. The molecule has 1 aliphatic heterocycles. The largest absolute Gasteiger partial charge is 0.349 e. The van der Waals surface area contributed by atoms with Crippen LogP contribution in [0.3, 0.4) is 0 Å². The summed E-state index contributed by atoms with van der Waals surface area (Å²) in [5, 5.41) is 9.50. The van der Waals surface area contributed by atoms with Crippen molar-refractivity contribution in [3.05, 3.63) is 30.3 Å². The van der Waals surface area contributed by atoms with Gasteiger partial charge in [0.2, 0.25) is 5.91 Å². The van der Waals surface area contributed by atoms with Gasteiger partial charge in [-0.3, -0.25) is 9.69 Å². The number of rotatable bonds is 5. The van der Waals surface area contributed by atoms with Gasteiger partial charge in [-0.15, -0.1) is 0 Å². The molecule has 1 aromatic rings. The first-order valence-electron chi connectivity index (χ1n) is 12.2. The van der Waals surface area contributed by atoms with Crippen molar-refractivity contribution in [3.8, 4) is 0 Å². The number of piperidine rings is 1. The molecule has 6 rings (SSSR count). The van der Waals surface area contributed by atoms with Crippen LogP contribution in [0.5, 0.6) is 0 Å². The number of hydrogen-bond acceptors (Lipinski definition) is 3. The number of carbonyl (C=O) groups excluding carboxylic acids is 2. The SMILES string of the molecule is CC(C(=O)NC12CC3CC(CC(C3)C1)C2)N1CCC(NC(=O)Nc2ccccc2)CC1. The molecule has 3 N–H and O–H groups in total. The molecule has 1 unspecified atom stereocenters. The second-order valence-corrected chi connectivity index (χ2v) is 10.6. The van der Waals surface area contributed by atoms with Crippen molar-refractivity contribution >= 4 is 17.6 Å². The predicted molar refractivity (Wildman–Crippen MR) is 122 cm³/mol. The maximum Gasteiger partial charge on any atom is 0.319 e. The van der Waals surface area contributed by atoms with Crippen LogP contribution in [0.1, 0.15) is 58.3 Å². The van der Waals surface area contributed by atoms with E-state index in [1.165, 1.54) is 38.5 Å². The molecule has 31 heavy (non-hydrogen) atoms. The molecule has 168 valence electrons. The average molecular weight is 425 g/mol. The number of benzene rings is 1. The van der Waals surface area contributed by atoms with Crippen molar-refractivity contribution in [2.45, 2.75) is 75.9 Å². The van der Waals surface area contributed by atoms with Crippen LogP contribution in [-0.2, 0) is 4.79 Å². The number of amides is 3. The summed E-state index contributed by atoms with van der Waals surface area (Å²) < 4.78 is 0. The highest BCUT2D eigenvalue weighted by atomic mass is 16.2. The van der Waals surface area contributed by atoms with E-state index in [4.69, 9.17) is 0 Å². The van der Waals surface area contributed by atoms with Gasteiger partial charge in [0, 0.05) is 30.4 Å². The van der Waals surface area contributed by atoms with Crippen LogP contribution in [0.2, 0.25) is 0 Å². The summed E-state index contributed by atoms with van der Waals surface area (Å²) >= 11 is 0. The van der Waals surface area contributed by atoms with Crippen LogP contribution in [0.4, 0.5) is 10.5 Å². The second kappa shape index (κ2) is 8.45. The maximum atomic E-state index is 13.2. The van der Waals surface area contributed by atoms with Gasteiger partial charge in [-0.05, 0) is 88.2 Å². The zero-order chi connectivity index (χ0) is 21.4. The Balaban J connectivity index is 1.09. The van der Waals surface area contributed by atoms with Crippen LogP contribution < -0.4 is 16.0 Å². The quantitative estimate of drug-likeness (QED) is 0.674. The predicted octanol–water partition coefficient (Wildman–Crippen LogP) is 3.75. The molecule has 1 heterocycles. The van der Waals surface area contributed by atoms with Crippen molar-refractivity contribution in [2.75, 3.05) is 18.4 Å². The van der Waals surface area contributed by atoms with Crippen LogP contribution >= 0.6 is 0 Å². The van der Waals surface area contributed by atoms with E-state index in [1.807, 2.05) is 37.3 Å². The Morgan fingerprint density at radius 2 is 1.55 bits per heavy atom. The average Bonchev–Trinajstić information content (AvgIpc) is 2.73. The summed E-state index contributed by atoms with van der Waals surface area (Å²) in [5.41, 5.74) is 0.877. The van der Waals surface area contributed by atoms with Crippen LogP contribution in [0.25, 0.3) is 0 Å². The lowest BCUT2D eigenvalue weighted by Gasteiger charge is -2.57. The monoisotopic (exact) mass is 424 g/mol. The smallest absolute Gasteiger partial charge is 0.319 e. The fourth-order valence-corrected chi connectivity index (χ4v) is 7.10. The molecule has 5 fully saturated rings. The first kappa shape index (κ1) is 20.8. The Hall–Kier alpha value is -2.08. The van der Waals surface area contributed by atoms with Crippen LogP contribution in [-0.4, -0.2) is 47.6 Å². The highest BCUT2D eigenvalue weighted by molar-refractivity contribution is 5.89. The lowest BCUT2D eigenvalue weighted by Crippen LogP contribution is -2.62. The summed E-state index contributed by atoms with van der Waals surface area (Å²) in [6, 6.07) is 9.40. The standard InChI is InChI=1S/C25H36N4O2/c1-17(23(30)28-25-14-18-11-19(15-25)13-20(12-18)16-25)29-9-7-22(8-10-29)27-24(31)26-21-5-3-2-4-6-21/h2-6,17-20,22H,7-16H2,1H3,(H,28,30)(H2,26,27,31). The summed E-state index contributed by atoms with van der Waals surface area (Å²) in [7, 11) is 0. The molecule has 4 bridgehead atoms. The maximum absolute atomic E-state index is 13.2. The molecule has 1 saturated heterocycles. The Kier molecular flexibility index (Phi) is 5.67. The van der Waals surface area contributed by atoms with Gasteiger partial charge in [0.05, 0.1) is 6.04 Å². The number of carbonyl (C=O) groups is 2. The number of nitrogens with one attached hydrogen (secondary N) is 3. The highest BCUT2D eigenvalue weighted by Crippen LogP contribution is 2.55. The second-order valence-electron chi connectivity index (χ2n) is 10.6. The van der Waals surface area contributed by atoms with E-state index in [9.17, 15) is 9.59 Å². The van der Waals surface area contributed by atoms with Gasteiger partial charge in [0.15, 0.2) is 0 Å². The van der Waals surface area contributed by atoms with Crippen molar-refractivity contribution < 1.29 is 9.59 Å². The zero-order valence-electron chi connectivity index (χ0n) is 18.6. The third-order valence-electron chi connectivity index (χ3n) is 8.25. The third kappa shape index (κ3) is 4.59. The molecule has 0 spiro atoms. The van der Waals surface area contributed by atoms with E-state index in [0.717, 1.165) is 49.4 Å². The van der Waals surface area contributed by atoms with Crippen LogP contribution in [0, 0.1) is 17.8 Å². The zero-order valence-corrected chi connectivity index (χ0v) is 18.6. The van der Waals surface area contributed by atoms with Gasteiger partial charge >= 0.3 is 6.03 Å². The molecule has 6 heteroatoms. The molecular formula is C25H36N4O2. The normalized spacial score (nSPS) is 33.6. The number of anilines is 1. The first-order chi connectivity index (χ1) is 15.0. The number of hydrogen-bond donors (Lipinski definition) is 3. The Bertz CT molecular complexity index is 768. The fraction of sp³-hybridized carbons (Fsp3) is 0.680. The van der Waals surface area contributed by atoms with Crippen LogP contribution in [0.15, 0.2) is 30.3 Å². The minimum atomic E-state index is -0.155. The lowest BCUT2D eigenvalue weighted by atomic mass is 9.53. The minimum absolute atomic E-state index is 0.0789. The van der Waals surface area contributed by atoms with E-state index in [1.54, 1.807) is 0 Å². The highest BCUT2D eigenvalue weighted by Gasteiger charge is 2.51. The number of likely N-dealkylation sites (tertiary alicyclic amines) is 1. The van der Waals surface area contributed by atoms with Gasteiger partial charge in [-0.2, -0.15) is 0 Å². The summed E-state index contributed by atoms with van der Waals surface area (Å²) in [4.78, 5) is 27.7. The fourth-order valence-electron chi connectivity index (χ4n) is 7.10. The molecule has 5 aliphatic rings. The molecule has 1 atom stereocenters. The summed E-state index contributed by atoms with van der Waals surface area (Å²) in [6.07, 6.45) is 9.50. The number of urea groups is 1. The minimum Gasteiger partial charge on any atom is -0.349 e. The Morgan fingerprint density at radius 3 is 2.13 bits per heavy atom.